The van der Waals surface area contributed by atoms with Gasteiger partial charge < -0.3 is 10.3 Å². The Kier molecular flexibility index (Phi) is 2.75. The van der Waals surface area contributed by atoms with Gasteiger partial charge in [-0.05, 0) is 24.3 Å². The van der Waals surface area contributed by atoms with Gasteiger partial charge in [0.1, 0.15) is 5.82 Å². The fourth-order valence-electron chi connectivity index (χ4n) is 1.49. The van der Waals surface area contributed by atoms with Crippen molar-refractivity contribution in [1.29, 1.82) is 0 Å². The van der Waals surface area contributed by atoms with Crippen LogP contribution in [-0.2, 0) is 13.6 Å². The highest BCUT2D eigenvalue weighted by atomic mass is 35.5. The van der Waals surface area contributed by atoms with Crippen molar-refractivity contribution in [1.82, 2.24) is 9.55 Å². The first-order valence-corrected chi connectivity index (χ1v) is 5.07. The summed E-state index contributed by atoms with van der Waals surface area (Å²) in [5.74, 6) is 0.909. The highest BCUT2D eigenvalue weighted by molar-refractivity contribution is 6.30. The summed E-state index contributed by atoms with van der Waals surface area (Å²) in [4.78, 5) is 4.42. The number of nitrogens with zero attached hydrogens (tertiary/aromatic N) is 2. The molecule has 2 N–H and O–H groups in total. The summed E-state index contributed by atoms with van der Waals surface area (Å²) in [6.07, 6.45) is 1.93. The van der Waals surface area contributed by atoms with Crippen LogP contribution in [0.4, 0.5) is 0 Å². The third kappa shape index (κ3) is 2.03. The Morgan fingerprint density at radius 1 is 1.33 bits per heavy atom. The Morgan fingerprint density at radius 2 is 2.00 bits per heavy atom. The molecule has 0 aliphatic carbocycles. The minimum absolute atomic E-state index is 0.460. The zero-order chi connectivity index (χ0) is 10.8. The summed E-state index contributed by atoms with van der Waals surface area (Å²) in [7, 11) is 1.95. The van der Waals surface area contributed by atoms with E-state index in [2.05, 4.69) is 4.98 Å². The molecule has 1 aromatic carbocycles. The van der Waals surface area contributed by atoms with E-state index in [1.54, 1.807) is 0 Å². The average Bonchev–Trinajstić information content (AvgIpc) is 2.61. The number of rotatable bonds is 2. The number of aromatic nitrogens is 2. The van der Waals surface area contributed by atoms with Gasteiger partial charge in [0.15, 0.2) is 0 Å². The van der Waals surface area contributed by atoms with E-state index < -0.39 is 0 Å². The highest BCUT2D eigenvalue weighted by Crippen LogP contribution is 2.20. The number of imidazole rings is 1. The van der Waals surface area contributed by atoms with Crippen LogP contribution in [-0.4, -0.2) is 9.55 Å². The van der Waals surface area contributed by atoms with Crippen molar-refractivity contribution in [3.05, 3.63) is 41.2 Å². The van der Waals surface area contributed by atoms with Crippen LogP contribution in [0.25, 0.3) is 11.4 Å². The van der Waals surface area contributed by atoms with E-state index >= 15 is 0 Å². The van der Waals surface area contributed by atoms with Gasteiger partial charge in [0.25, 0.3) is 0 Å². The van der Waals surface area contributed by atoms with Gasteiger partial charge in [0, 0.05) is 30.4 Å². The molecule has 0 saturated heterocycles. The maximum atomic E-state index is 5.82. The second-order valence-corrected chi connectivity index (χ2v) is 3.81. The van der Waals surface area contributed by atoms with Crippen molar-refractivity contribution in [2.75, 3.05) is 0 Å². The molecule has 0 unspecified atom stereocenters. The summed E-state index contributed by atoms with van der Waals surface area (Å²) >= 11 is 5.82. The van der Waals surface area contributed by atoms with Crippen molar-refractivity contribution >= 4 is 11.6 Å². The number of hydrogen-bond acceptors (Lipinski definition) is 2. The molecule has 0 amide bonds. The second kappa shape index (κ2) is 4.04. The molecule has 0 aliphatic rings. The maximum absolute atomic E-state index is 5.82. The van der Waals surface area contributed by atoms with E-state index in [1.807, 2.05) is 42.1 Å². The van der Waals surface area contributed by atoms with Gasteiger partial charge in [-0.1, -0.05) is 11.6 Å². The van der Waals surface area contributed by atoms with E-state index in [0.717, 1.165) is 22.1 Å². The van der Waals surface area contributed by atoms with Crippen molar-refractivity contribution < 1.29 is 0 Å². The van der Waals surface area contributed by atoms with Crippen molar-refractivity contribution in [3.63, 3.8) is 0 Å². The molecular weight excluding hydrogens is 210 g/mol. The molecule has 0 radical (unpaired) electrons. The molecule has 2 aromatic rings. The van der Waals surface area contributed by atoms with E-state index in [0.29, 0.717) is 6.54 Å². The molecule has 0 atom stereocenters. The lowest BCUT2D eigenvalue weighted by Gasteiger charge is -2.00. The average molecular weight is 222 g/mol. The summed E-state index contributed by atoms with van der Waals surface area (Å²) in [6.45, 7) is 0.460. The zero-order valence-corrected chi connectivity index (χ0v) is 9.20. The second-order valence-electron chi connectivity index (χ2n) is 3.38. The Balaban J connectivity index is 2.44. The van der Waals surface area contributed by atoms with Crippen LogP contribution >= 0.6 is 11.6 Å². The monoisotopic (exact) mass is 221 g/mol. The van der Waals surface area contributed by atoms with Gasteiger partial charge in [-0.15, -0.1) is 0 Å². The molecule has 0 bridgehead atoms. The zero-order valence-electron chi connectivity index (χ0n) is 8.44. The van der Waals surface area contributed by atoms with Crippen LogP contribution in [0, 0.1) is 0 Å². The number of aryl methyl sites for hydroxylation is 1. The number of halogens is 1. The third-order valence-electron chi connectivity index (χ3n) is 2.24. The molecule has 0 aliphatic heterocycles. The number of hydrogen-bond donors (Lipinski definition) is 1. The topological polar surface area (TPSA) is 43.8 Å². The van der Waals surface area contributed by atoms with E-state index in [9.17, 15) is 0 Å². The maximum Gasteiger partial charge on any atom is 0.140 e. The Morgan fingerprint density at radius 3 is 2.53 bits per heavy atom. The third-order valence-corrected chi connectivity index (χ3v) is 2.49. The van der Waals surface area contributed by atoms with Gasteiger partial charge in [0.2, 0.25) is 0 Å². The summed E-state index contributed by atoms with van der Waals surface area (Å²) in [5, 5.41) is 0.729. The largest absolute Gasteiger partial charge is 0.334 e. The predicted molar refractivity (Wildman–Crippen MR) is 61.5 cm³/mol. The molecule has 4 heteroatoms. The Labute approximate surface area is 93.5 Å². The Hall–Kier alpha value is -1.32. The molecule has 0 saturated carbocycles. The normalized spacial score (nSPS) is 10.6. The molecule has 0 fully saturated rings. The van der Waals surface area contributed by atoms with Crippen LogP contribution in [0.15, 0.2) is 30.5 Å². The quantitative estimate of drug-likeness (QED) is 0.845. The lowest BCUT2D eigenvalue weighted by atomic mass is 10.2. The molecule has 1 heterocycles. The number of nitrogens with two attached hydrogens (primary N) is 1. The van der Waals surface area contributed by atoms with Crippen LogP contribution in [0.1, 0.15) is 5.69 Å². The SMILES string of the molecule is Cn1cc(CN)nc1-c1ccc(Cl)cc1. The highest BCUT2D eigenvalue weighted by Gasteiger charge is 2.06. The molecule has 78 valence electrons. The van der Waals surface area contributed by atoms with Crippen LogP contribution in [0.2, 0.25) is 5.02 Å². The Bertz CT molecular complexity index is 459. The van der Waals surface area contributed by atoms with E-state index in [1.165, 1.54) is 0 Å². The molecule has 3 nitrogen and oxygen atoms in total. The minimum atomic E-state index is 0.460. The fourth-order valence-corrected chi connectivity index (χ4v) is 1.62. The number of benzene rings is 1. The van der Waals surface area contributed by atoms with Gasteiger partial charge in [-0.3, -0.25) is 0 Å². The van der Waals surface area contributed by atoms with Crippen molar-refractivity contribution in [2.24, 2.45) is 12.8 Å². The summed E-state index contributed by atoms with van der Waals surface area (Å²) in [6, 6.07) is 7.61. The predicted octanol–water partition coefficient (Wildman–Crippen LogP) is 2.20. The summed E-state index contributed by atoms with van der Waals surface area (Å²) in [5.41, 5.74) is 7.47. The molecular formula is C11H12ClN3. The molecule has 0 spiro atoms. The lowest BCUT2D eigenvalue weighted by Crippen LogP contribution is -1.95. The lowest BCUT2D eigenvalue weighted by molar-refractivity contribution is 0.921. The smallest absolute Gasteiger partial charge is 0.140 e. The van der Waals surface area contributed by atoms with Crippen molar-refractivity contribution in [2.45, 2.75) is 6.54 Å². The van der Waals surface area contributed by atoms with Crippen molar-refractivity contribution in [3.8, 4) is 11.4 Å². The van der Waals surface area contributed by atoms with Gasteiger partial charge >= 0.3 is 0 Å². The molecule has 15 heavy (non-hydrogen) atoms. The van der Waals surface area contributed by atoms with Gasteiger partial charge in [0.05, 0.1) is 5.69 Å². The fraction of sp³-hybridized carbons (Fsp3) is 0.182. The molecule has 1 aromatic heterocycles. The summed E-state index contributed by atoms with van der Waals surface area (Å²) < 4.78 is 1.96. The first-order valence-electron chi connectivity index (χ1n) is 4.69. The standard InChI is InChI=1S/C11H12ClN3/c1-15-7-10(6-13)14-11(15)8-2-4-9(12)5-3-8/h2-5,7H,6,13H2,1H3. The first-order chi connectivity index (χ1) is 7.20. The van der Waals surface area contributed by atoms with Crippen LogP contribution < -0.4 is 5.73 Å². The first kappa shape index (κ1) is 10.2. The van der Waals surface area contributed by atoms with E-state index in [-0.39, 0.29) is 0 Å². The van der Waals surface area contributed by atoms with Gasteiger partial charge in [-0.25, -0.2) is 4.98 Å². The minimum Gasteiger partial charge on any atom is -0.334 e. The molecule has 2 rings (SSSR count). The van der Waals surface area contributed by atoms with Crippen LogP contribution in [0.3, 0.4) is 0 Å². The van der Waals surface area contributed by atoms with E-state index in [4.69, 9.17) is 17.3 Å². The van der Waals surface area contributed by atoms with Gasteiger partial charge in [-0.2, -0.15) is 0 Å². The van der Waals surface area contributed by atoms with Crippen LogP contribution in [0.5, 0.6) is 0 Å².